The maximum atomic E-state index is 13.0. The summed E-state index contributed by atoms with van der Waals surface area (Å²) in [5, 5.41) is 0. The van der Waals surface area contributed by atoms with E-state index in [0.29, 0.717) is 13.2 Å². The maximum absolute atomic E-state index is 13.0. The summed E-state index contributed by atoms with van der Waals surface area (Å²) in [4.78, 5) is 4.07. The van der Waals surface area contributed by atoms with Crippen LogP contribution in [0.1, 0.15) is 25.3 Å². The van der Waals surface area contributed by atoms with Gasteiger partial charge >= 0.3 is 0 Å². The molecule has 1 aliphatic rings. The number of hydrogen-bond acceptors (Lipinski definition) is 3. The standard InChI is InChI=1S/C17H21FN2O2/c1-2-16-11-21-17(22-16,12-20-10-9-19-13-20)8-7-14-3-5-15(18)6-4-14/h3-6,9-10,13,16H,2,7-8,11-12H2,1H3. The Morgan fingerprint density at radius 3 is 2.82 bits per heavy atom. The Morgan fingerprint density at radius 1 is 1.36 bits per heavy atom. The molecule has 22 heavy (non-hydrogen) atoms. The lowest BCUT2D eigenvalue weighted by atomic mass is 10.0. The van der Waals surface area contributed by atoms with Gasteiger partial charge in [-0.15, -0.1) is 0 Å². The fourth-order valence-electron chi connectivity index (χ4n) is 2.76. The molecule has 1 fully saturated rings. The van der Waals surface area contributed by atoms with E-state index in [1.54, 1.807) is 12.5 Å². The minimum absolute atomic E-state index is 0.136. The van der Waals surface area contributed by atoms with Crippen molar-refractivity contribution in [3.8, 4) is 0 Å². The van der Waals surface area contributed by atoms with Crippen molar-refractivity contribution in [2.75, 3.05) is 6.61 Å². The van der Waals surface area contributed by atoms with E-state index < -0.39 is 5.79 Å². The van der Waals surface area contributed by atoms with Crippen molar-refractivity contribution < 1.29 is 13.9 Å². The molecule has 0 N–H and O–H groups in total. The van der Waals surface area contributed by atoms with Gasteiger partial charge in [0.1, 0.15) is 5.82 Å². The Balaban J connectivity index is 1.70. The largest absolute Gasteiger partial charge is 0.345 e. The fourth-order valence-corrected chi connectivity index (χ4v) is 2.76. The Kier molecular flexibility index (Phi) is 4.55. The third-order valence-electron chi connectivity index (χ3n) is 4.06. The number of rotatable bonds is 6. The Morgan fingerprint density at radius 2 is 2.18 bits per heavy atom. The van der Waals surface area contributed by atoms with Crippen molar-refractivity contribution in [1.29, 1.82) is 0 Å². The zero-order valence-corrected chi connectivity index (χ0v) is 12.7. The SMILES string of the molecule is CCC1COC(CCc2ccc(F)cc2)(Cn2ccnc2)O1. The molecule has 1 saturated heterocycles. The van der Waals surface area contributed by atoms with Gasteiger partial charge in [0, 0.05) is 18.8 Å². The molecule has 4 nitrogen and oxygen atoms in total. The number of benzene rings is 1. The zero-order valence-electron chi connectivity index (χ0n) is 12.7. The highest BCUT2D eigenvalue weighted by Gasteiger charge is 2.40. The summed E-state index contributed by atoms with van der Waals surface area (Å²) in [6.07, 6.45) is 8.01. The fraction of sp³-hybridized carbons (Fsp3) is 0.471. The van der Waals surface area contributed by atoms with Crippen molar-refractivity contribution in [1.82, 2.24) is 9.55 Å². The van der Waals surface area contributed by atoms with Gasteiger partial charge in [-0.1, -0.05) is 19.1 Å². The number of aromatic nitrogens is 2. The number of nitrogens with zero attached hydrogens (tertiary/aromatic N) is 2. The van der Waals surface area contributed by atoms with E-state index in [-0.39, 0.29) is 11.9 Å². The third-order valence-corrected chi connectivity index (χ3v) is 4.06. The number of imidazole rings is 1. The normalized spacial score (nSPS) is 24.7. The average Bonchev–Trinajstić information content (AvgIpc) is 3.17. The Labute approximate surface area is 129 Å². The highest BCUT2D eigenvalue weighted by atomic mass is 19.1. The minimum atomic E-state index is -0.629. The van der Waals surface area contributed by atoms with E-state index in [2.05, 4.69) is 11.9 Å². The van der Waals surface area contributed by atoms with Crippen LogP contribution >= 0.6 is 0 Å². The summed E-state index contributed by atoms with van der Waals surface area (Å²) < 4.78 is 27.2. The Hall–Kier alpha value is -1.72. The Bertz CT molecular complexity index is 585. The summed E-state index contributed by atoms with van der Waals surface area (Å²) in [7, 11) is 0. The second kappa shape index (κ2) is 6.58. The lowest BCUT2D eigenvalue weighted by molar-refractivity contribution is -0.182. The van der Waals surface area contributed by atoms with E-state index in [1.165, 1.54) is 12.1 Å². The monoisotopic (exact) mass is 304 g/mol. The maximum Gasteiger partial charge on any atom is 0.187 e. The molecular formula is C17H21FN2O2. The van der Waals surface area contributed by atoms with Crippen molar-refractivity contribution in [2.24, 2.45) is 0 Å². The van der Waals surface area contributed by atoms with Crippen LogP contribution in [0.5, 0.6) is 0 Å². The molecule has 2 aromatic rings. The van der Waals surface area contributed by atoms with Crippen LogP contribution in [0.4, 0.5) is 4.39 Å². The molecule has 1 aromatic carbocycles. The van der Waals surface area contributed by atoms with Crippen LogP contribution in [-0.4, -0.2) is 28.0 Å². The molecule has 5 heteroatoms. The number of ether oxygens (including phenoxy) is 2. The van der Waals surface area contributed by atoms with Gasteiger partial charge in [0.2, 0.25) is 0 Å². The molecule has 0 aliphatic carbocycles. The summed E-state index contributed by atoms with van der Waals surface area (Å²) in [6, 6.07) is 6.60. The van der Waals surface area contributed by atoms with E-state index in [9.17, 15) is 4.39 Å². The van der Waals surface area contributed by atoms with Crippen molar-refractivity contribution in [3.05, 3.63) is 54.4 Å². The molecule has 0 spiro atoms. The van der Waals surface area contributed by atoms with E-state index in [4.69, 9.17) is 9.47 Å². The summed E-state index contributed by atoms with van der Waals surface area (Å²) in [5.74, 6) is -0.841. The summed E-state index contributed by atoms with van der Waals surface area (Å²) in [5.41, 5.74) is 1.08. The van der Waals surface area contributed by atoms with Crippen molar-refractivity contribution in [2.45, 2.75) is 44.6 Å². The number of aryl methyl sites for hydroxylation is 1. The molecule has 0 saturated carbocycles. The first-order valence-electron chi connectivity index (χ1n) is 7.71. The van der Waals surface area contributed by atoms with Gasteiger partial charge in [0.15, 0.2) is 5.79 Å². The highest BCUT2D eigenvalue weighted by molar-refractivity contribution is 5.16. The quantitative estimate of drug-likeness (QED) is 0.822. The lowest BCUT2D eigenvalue weighted by Gasteiger charge is -2.28. The van der Waals surface area contributed by atoms with Gasteiger partial charge in [-0.3, -0.25) is 0 Å². The second-order valence-corrected chi connectivity index (χ2v) is 5.73. The van der Waals surface area contributed by atoms with Gasteiger partial charge < -0.3 is 14.0 Å². The second-order valence-electron chi connectivity index (χ2n) is 5.73. The average molecular weight is 304 g/mol. The van der Waals surface area contributed by atoms with E-state index in [0.717, 1.165) is 24.8 Å². The van der Waals surface area contributed by atoms with Gasteiger partial charge in [0.05, 0.1) is 25.6 Å². The van der Waals surface area contributed by atoms with Crippen LogP contribution in [0, 0.1) is 5.82 Å². The molecular weight excluding hydrogens is 283 g/mol. The van der Waals surface area contributed by atoms with Crippen LogP contribution in [0.3, 0.4) is 0 Å². The van der Waals surface area contributed by atoms with Crippen LogP contribution in [-0.2, 0) is 22.4 Å². The summed E-state index contributed by atoms with van der Waals surface area (Å²) in [6.45, 7) is 3.33. The molecule has 0 amide bonds. The summed E-state index contributed by atoms with van der Waals surface area (Å²) >= 11 is 0. The molecule has 0 bridgehead atoms. The number of hydrogen-bond donors (Lipinski definition) is 0. The van der Waals surface area contributed by atoms with Gasteiger partial charge in [0.25, 0.3) is 0 Å². The van der Waals surface area contributed by atoms with Crippen LogP contribution in [0.25, 0.3) is 0 Å². The van der Waals surface area contributed by atoms with Crippen molar-refractivity contribution in [3.63, 3.8) is 0 Å². The van der Waals surface area contributed by atoms with Gasteiger partial charge in [-0.2, -0.15) is 0 Å². The topological polar surface area (TPSA) is 36.3 Å². The van der Waals surface area contributed by atoms with E-state index >= 15 is 0 Å². The predicted molar refractivity (Wildman–Crippen MR) is 80.8 cm³/mol. The molecule has 3 rings (SSSR count). The zero-order chi connectivity index (χ0) is 15.4. The highest BCUT2D eigenvalue weighted by Crippen LogP contribution is 2.31. The molecule has 1 aliphatic heterocycles. The van der Waals surface area contributed by atoms with Gasteiger partial charge in [-0.25, -0.2) is 9.37 Å². The smallest absolute Gasteiger partial charge is 0.187 e. The molecule has 2 atom stereocenters. The first kappa shape index (κ1) is 15.2. The van der Waals surface area contributed by atoms with Crippen LogP contribution in [0.15, 0.2) is 43.0 Å². The van der Waals surface area contributed by atoms with E-state index in [1.807, 2.05) is 22.9 Å². The van der Waals surface area contributed by atoms with Crippen molar-refractivity contribution >= 4 is 0 Å². The first-order valence-corrected chi connectivity index (χ1v) is 7.71. The minimum Gasteiger partial charge on any atom is -0.345 e. The molecule has 1 aromatic heterocycles. The first-order chi connectivity index (χ1) is 10.7. The molecule has 2 heterocycles. The van der Waals surface area contributed by atoms with Crippen LogP contribution < -0.4 is 0 Å². The van der Waals surface area contributed by atoms with Crippen LogP contribution in [0.2, 0.25) is 0 Å². The molecule has 0 radical (unpaired) electrons. The third kappa shape index (κ3) is 3.54. The lowest BCUT2D eigenvalue weighted by Crippen LogP contribution is -2.36. The van der Waals surface area contributed by atoms with Gasteiger partial charge in [-0.05, 0) is 30.5 Å². The number of halogens is 1. The molecule has 118 valence electrons. The predicted octanol–water partition coefficient (Wildman–Crippen LogP) is 3.18. The molecule has 2 unspecified atom stereocenters.